The topological polar surface area (TPSA) is 86.2 Å². The van der Waals surface area contributed by atoms with E-state index in [-0.39, 0.29) is 11.6 Å². The molecule has 4 aromatic carbocycles. The van der Waals surface area contributed by atoms with Gasteiger partial charge in [-0.2, -0.15) is 0 Å². The summed E-state index contributed by atoms with van der Waals surface area (Å²) >= 11 is 2.73. The molecule has 8 aromatic rings. The molecule has 0 atom stereocenters. The van der Waals surface area contributed by atoms with Gasteiger partial charge < -0.3 is 8.83 Å². The van der Waals surface area contributed by atoms with Crippen LogP contribution in [0.4, 0.5) is 0 Å². The van der Waals surface area contributed by atoms with Crippen molar-refractivity contribution >= 4 is 67.2 Å². The maximum atomic E-state index is 12.8. The van der Waals surface area contributed by atoms with Crippen LogP contribution in [-0.4, -0.2) is 21.5 Å². The number of aromatic nitrogens is 2. The molecule has 0 aliphatic carbocycles. The van der Waals surface area contributed by atoms with E-state index in [0.717, 1.165) is 20.5 Å². The third-order valence-electron chi connectivity index (χ3n) is 7.01. The highest BCUT2D eigenvalue weighted by Gasteiger charge is 2.18. The number of nitrogens with zero attached hydrogens (tertiary/aromatic N) is 2. The molecular formula is C34H18N2O4S2. The first-order valence-corrected chi connectivity index (χ1v) is 14.8. The van der Waals surface area contributed by atoms with Gasteiger partial charge in [-0.25, -0.2) is 9.97 Å². The van der Waals surface area contributed by atoms with Crippen molar-refractivity contribution in [2.45, 2.75) is 0 Å². The molecule has 0 bridgehead atoms. The Balaban J connectivity index is 1.10. The van der Waals surface area contributed by atoms with Gasteiger partial charge >= 0.3 is 0 Å². The molecule has 0 saturated heterocycles. The first-order chi connectivity index (χ1) is 20.6. The summed E-state index contributed by atoms with van der Waals surface area (Å²) in [6.45, 7) is 0. The average Bonchev–Trinajstić information content (AvgIpc) is 3.84. The van der Waals surface area contributed by atoms with Gasteiger partial charge in [-0.15, -0.1) is 22.7 Å². The molecule has 0 amide bonds. The second-order valence-corrected chi connectivity index (χ2v) is 11.9. The zero-order chi connectivity index (χ0) is 28.2. The average molecular weight is 583 g/mol. The number of ketones is 2. The summed E-state index contributed by atoms with van der Waals surface area (Å²) in [4.78, 5) is 38.0. The molecule has 0 aliphatic rings. The van der Waals surface area contributed by atoms with E-state index in [4.69, 9.17) is 18.8 Å². The summed E-state index contributed by atoms with van der Waals surface area (Å²) in [7, 11) is 0. The zero-order valence-corrected chi connectivity index (χ0v) is 23.4. The third kappa shape index (κ3) is 4.25. The van der Waals surface area contributed by atoms with Crippen molar-refractivity contribution in [1.82, 2.24) is 9.97 Å². The summed E-state index contributed by atoms with van der Waals surface area (Å²) in [5.74, 6) is 0.898. The van der Waals surface area contributed by atoms with Crippen LogP contribution in [0.5, 0.6) is 0 Å². The van der Waals surface area contributed by atoms with Crippen molar-refractivity contribution in [3.63, 3.8) is 0 Å². The lowest BCUT2D eigenvalue weighted by Crippen LogP contribution is -1.97. The Kier molecular flexibility index (Phi) is 5.70. The van der Waals surface area contributed by atoms with E-state index in [0.29, 0.717) is 54.9 Å². The number of hydrogen-bond donors (Lipinski definition) is 0. The van der Waals surface area contributed by atoms with Gasteiger partial charge in [-0.05, 0) is 59.3 Å². The molecule has 0 aliphatic heterocycles. The number of hydrogen-bond acceptors (Lipinski definition) is 8. The molecule has 8 heteroatoms. The minimum atomic E-state index is -0.0234. The largest absolute Gasteiger partial charge is 0.435 e. The lowest BCUT2D eigenvalue weighted by atomic mass is 10.1. The molecule has 0 spiro atoms. The Morgan fingerprint density at radius 3 is 1.38 bits per heavy atom. The normalized spacial score (nSPS) is 11.5. The van der Waals surface area contributed by atoms with Crippen LogP contribution in [0.2, 0.25) is 0 Å². The molecule has 0 saturated carbocycles. The van der Waals surface area contributed by atoms with Gasteiger partial charge in [0.05, 0.1) is 19.5 Å². The number of thiophene rings is 2. The molecule has 8 rings (SSSR count). The van der Waals surface area contributed by atoms with E-state index in [1.807, 2.05) is 109 Å². The lowest BCUT2D eigenvalue weighted by Gasteiger charge is -1.96. The molecule has 6 nitrogen and oxygen atoms in total. The molecule has 4 heterocycles. The minimum absolute atomic E-state index is 0.0234. The Labute approximate surface area is 246 Å². The molecule has 42 heavy (non-hydrogen) atoms. The maximum Gasteiger partial charge on any atom is 0.237 e. The highest BCUT2D eigenvalue weighted by atomic mass is 32.1. The van der Waals surface area contributed by atoms with Gasteiger partial charge in [-0.3, -0.25) is 9.59 Å². The van der Waals surface area contributed by atoms with Gasteiger partial charge in [0.15, 0.2) is 11.2 Å². The Morgan fingerprint density at radius 2 is 0.952 bits per heavy atom. The highest BCUT2D eigenvalue weighted by molar-refractivity contribution is 7.17. The van der Waals surface area contributed by atoms with Crippen LogP contribution < -0.4 is 0 Å². The zero-order valence-electron chi connectivity index (χ0n) is 21.7. The van der Waals surface area contributed by atoms with Gasteiger partial charge in [0.1, 0.15) is 11.0 Å². The molecule has 0 N–H and O–H groups in total. The first-order valence-electron chi connectivity index (χ1n) is 13.1. The molecule has 0 fully saturated rings. The van der Waals surface area contributed by atoms with Gasteiger partial charge in [0, 0.05) is 11.1 Å². The van der Waals surface area contributed by atoms with Gasteiger partial charge in [0.2, 0.25) is 23.3 Å². The van der Waals surface area contributed by atoms with Crippen molar-refractivity contribution in [3.05, 3.63) is 130 Å². The Morgan fingerprint density at radius 1 is 0.524 bits per heavy atom. The van der Waals surface area contributed by atoms with E-state index in [2.05, 4.69) is 0 Å². The van der Waals surface area contributed by atoms with Crippen molar-refractivity contribution in [2.75, 3.05) is 0 Å². The lowest BCUT2D eigenvalue weighted by molar-refractivity contribution is 0.103. The van der Waals surface area contributed by atoms with E-state index in [1.54, 1.807) is 0 Å². The van der Waals surface area contributed by atoms with Crippen LogP contribution in [-0.2, 0) is 0 Å². The summed E-state index contributed by atoms with van der Waals surface area (Å²) in [5, 5.41) is 1.88. The van der Waals surface area contributed by atoms with Crippen molar-refractivity contribution in [3.8, 4) is 21.5 Å². The molecule has 0 unspecified atom stereocenters. The monoisotopic (exact) mass is 582 g/mol. The second-order valence-electron chi connectivity index (χ2n) is 9.74. The number of carbonyl (C=O) groups excluding carboxylic acids is 2. The summed E-state index contributed by atoms with van der Waals surface area (Å²) < 4.78 is 12.2. The molecule has 4 aromatic heterocycles. The Bertz CT molecular complexity index is 2060. The van der Waals surface area contributed by atoms with Crippen molar-refractivity contribution in [1.29, 1.82) is 0 Å². The van der Waals surface area contributed by atoms with Crippen molar-refractivity contribution < 1.29 is 18.4 Å². The van der Waals surface area contributed by atoms with Crippen LogP contribution in [0.15, 0.2) is 118 Å². The van der Waals surface area contributed by atoms with Crippen LogP contribution >= 0.6 is 22.7 Å². The van der Waals surface area contributed by atoms with Gasteiger partial charge in [-0.1, -0.05) is 60.7 Å². The number of benzene rings is 4. The molecule has 0 radical (unpaired) electrons. The predicted molar refractivity (Wildman–Crippen MR) is 165 cm³/mol. The van der Waals surface area contributed by atoms with Crippen LogP contribution in [0.1, 0.15) is 30.5 Å². The number of carbonyl (C=O) groups is 2. The van der Waals surface area contributed by atoms with E-state index < -0.39 is 0 Å². The number of oxazole rings is 2. The number of fused-ring (bicyclic) bond motifs is 3. The predicted octanol–water partition coefficient (Wildman–Crippen LogP) is 9.04. The molecular weight excluding hydrogens is 565 g/mol. The first kappa shape index (κ1) is 24.6. The fourth-order valence-electron chi connectivity index (χ4n) is 4.92. The fraction of sp³-hybridized carbons (Fsp3) is 0. The van der Waals surface area contributed by atoms with Crippen LogP contribution in [0.25, 0.3) is 54.5 Å². The second kappa shape index (κ2) is 9.73. The summed E-state index contributed by atoms with van der Waals surface area (Å²) in [5.41, 5.74) is 4.01. The van der Waals surface area contributed by atoms with Gasteiger partial charge in [0.25, 0.3) is 0 Å². The molecule has 200 valence electrons. The van der Waals surface area contributed by atoms with Crippen LogP contribution in [0.3, 0.4) is 0 Å². The minimum Gasteiger partial charge on any atom is -0.435 e. The van der Waals surface area contributed by atoms with E-state index >= 15 is 0 Å². The summed E-state index contributed by atoms with van der Waals surface area (Å²) in [6, 6.07) is 33.6. The summed E-state index contributed by atoms with van der Waals surface area (Å²) in [6.07, 6.45) is 0. The fourth-order valence-corrected chi connectivity index (χ4v) is 6.71. The Hall–Kier alpha value is -5.18. The SMILES string of the molecule is O=C(c1ccccc1)c1ccc(-c2nc3cc4cc5oc(-c6ccc(C(=O)c7ccccc7)s6)nc5cc4cc3o2)s1. The maximum absolute atomic E-state index is 12.8. The third-order valence-corrected chi connectivity index (χ3v) is 9.15. The van der Waals surface area contributed by atoms with Crippen molar-refractivity contribution in [2.24, 2.45) is 0 Å². The standard InChI is InChI=1S/C34H18N2O4S2/c37-31(19-7-3-1-4-8-19)27-11-13-29(41-27)33-35-23-15-21-18-26-24(16-22(21)17-25(23)39-33)36-34(40-26)30-14-12-28(42-30)32(38)20-9-5-2-6-10-20/h1-18H. The van der Waals surface area contributed by atoms with E-state index in [1.165, 1.54) is 22.7 Å². The van der Waals surface area contributed by atoms with Crippen LogP contribution in [0, 0.1) is 0 Å². The number of rotatable bonds is 6. The smallest absolute Gasteiger partial charge is 0.237 e. The highest BCUT2D eigenvalue weighted by Crippen LogP contribution is 2.36. The quantitative estimate of drug-likeness (QED) is 0.182. The van der Waals surface area contributed by atoms with E-state index in [9.17, 15) is 9.59 Å².